The Morgan fingerprint density at radius 1 is 1.03 bits per heavy atom. The summed E-state index contributed by atoms with van der Waals surface area (Å²) >= 11 is 0. The second-order valence-corrected chi connectivity index (χ2v) is 8.99. The quantitative estimate of drug-likeness (QED) is 0.411. The van der Waals surface area contributed by atoms with E-state index >= 15 is 0 Å². The summed E-state index contributed by atoms with van der Waals surface area (Å²) in [5, 5.41) is 3.90. The van der Waals surface area contributed by atoms with E-state index in [-0.39, 0.29) is 13.2 Å². The molecule has 1 heterocycles. The lowest BCUT2D eigenvalue weighted by atomic mass is 10.2. The topological polar surface area (TPSA) is 150 Å². The van der Waals surface area contributed by atoms with Crippen LogP contribution < -0.4 is 24.2 Å². The third-order valence-electron chi connectivity index (χ3n) is 3.83. The molecular formula is C19H29N5O7S. The SMILES string of the molecule is COc1cc2ncnc(NCCOCCNS(=O)(=O)NC(=O)OC(C)(C)C)c2cc1OC. The number of methoxy groups -OCH3 is 2. The van der Waals surface area contributed by atoms with Gasteiger partial charge in [0.05, 0.1) is 33.0 Å². The molecule has 0 fully saturated rings. The van der Waals surface area contributed by atoms with Gasteiger partial charge >= 0.3 is 16.3 Å². The minimum absolute atomic E-state index is 0.0223. The summed E-state index contributed by atoms with van der Waals surface area (Å²) in [6, 6.07) is 3.54. The van der Waals surface area contributed by atoms with E-state index in [0.29, 0.717) is 36.0 Å². The fraction of sp³-hybridized carbons (Fsp3) is 0.526. The minimum atomic E-state index is -4.03. The van der Waals surface area contributed by atoms with Crippen molar-refractivity contribution in [2.75, 3.05) is 45.8 Å². The average Bonchev–Trinajstić information content (AvgIpc) is 2.70. The fourth-order valence-electron chi connectivity index (χ4n) is 2.56. The van der Waals surface area contributed by atoms with Crippen molar-refractivity contribution >= 4 is 33.0 Å². The molecule has 13 heteroatoms. The molecule has 0 bridgehead atoms. The summed E-state index contributed by atoms with van der Waals surface area (Å²) in [6.45, 7) is 5.69. The van der Waals surface area contributed by atoms with Gasteiger partial charge in [0.15, 0.2) is 11.5 Å². The molecule has 2 aromatic rings. The first-order chi connectivity index (χ1) is 15.0. The van der Waals surface area contributed by atoms with Crippen molar-refractivity contribution in [2.45, 2.75) is 26.4 Å². The van der Waals surface area contributed by atoms with Crippen molar-refractivity contribution in [1.82, 2.24) is 19.4 Å². The van der Waals surface area contributed by atoms with Crippen LogP contribution in [-0.2, 0) is 19.7 Å². The van der Waals surface area contributed by atoms with Gasteiger partial charge < -0.3 is 24.3 Å². The second-order valence-electron chi connectivity index (χ2n) is 7.49. The first-order valence-electron chi connectivity index (χ1n) is 9.73. The van der Waals surface area contributed by atoms with Gasteiger partial charge in [-0.05, 0) is 26.8 Å². The smallest absolute Gasteiger partial charge is 0.422 e. The Morgan fingerprint density at radius 3 is 2.34 bits per heavy atom. The van der Waals surface area contributed by atoms with Crippen LogP contribution in [0.2, 0.25) is 0 Å². The van der Waals surface area contributed by atoms with E-state index in [2.05, 4.69) is 20.0 Å². The molecule has 3 N–H and O–H groups in total. The molecule has 0 aliphatic carbocycles. The van der Waals surface area contributed by atoms with Gasteiger partial charge in [0.2, 0.25) is 0 Å². The molecule has 0 aliphatic heterocycles. The number of carbonyl (C=O) groups excluding carboxylic acids is 1. The summed E-state index contributed by atoms with van der Waals surface area (Å²) < 4.78 is 48.5. The summed E-state index contributed by atoms with van der Waals surface area (Å²) in [5.41, 5.74) is -0.116. The molecule has 178 valence electrons. The molecule has 12 nitrogen and oxygen atoms in total. The summed E-state index contributed by atoms with van der Waals surface area (Å²) in [4.78, 5) is 20.0. The third-order valence-corrected chi connectivity index (χ3v) is 4.85. The minimum Gasteiger partial charge on any atom is -0.493 e. The number of ether oxygens (including phenoxy) is 4. The number of amides is 1. The average molecular weight is 472 g/mol. The Morgan fingerprint density at radius 2 is 1.69 bits per heavy atom. The van der Waals surface area contributed by atoms with E-state index in [1.54, 1.807) is 51.8 Å². The molecule has 0 radical (unpaired) electrons. The maximum atomic E-state index is 11.8. The van der Waals surface area contributed by atoms with Gasteiger partial charge in [-0.3, -0.25) is 0 Å². The van der Waals surface area contributed by atoms with Gasteiger partial charge in [0, 0.05) is 24.5 Å². The number of rotatable bonds is 11. The lowest BCUT2D eigenvalue weighted by Gasteiger charge is -2.19. The van der Waals surface area contributed by atoms with E-state index in [1.807, 2.05) is 0 Å². The predicted molar refractivity (Wildman–Crippen MR) is 118 cm³/mol. The first-order valence-corrected chi connectivity index (χ1v) is 11.2. The summed E-state index contributed by atoms with van der Waals surface area (Å²) in [7, 11) is -0.937. The summed E-state index contributed by atoms with van der Waals surface area (Å²) in [6.07, 6.45) is 0.380. The number of nitrogens with one attached hydrogen (secondary N) is 3. The van der Waals surface area contributed by atoms with E-state index in [0.717, 1.165) is 5.39 Å². The highest BCUT2D eigenvalue weighted by Crippen LogP contribution is 2.33. The van der Waals surface area contributed by atoms with E-state index < -0.39 is 21.9 Å². The molecule has 0 saturated heterocycles. The Labute approximate surface area is 187 Å². The van der Waals surface area contributed by atoms with Crippen LogP contribution in [0.5, 0.6) is 11.5 Å². The highest BCUT2D eigenvalue weighted by atomic mass is 32.2. The molecule has 2 rings (SSSR count). The monoisotopic (exact) mass is 471 g/mol. The Hall–Kier alpha value is -2.90. The lowest BCUT2D eigenvalue weighted by Crippen LogP contribution is -2.43. The molecule has 1 amide bonds. The number of benzene rings is 1. The number of aromatic nitrogens is 2. The zero-order valence-electron chi connectivity index (χ0n) is 18.7. The van der Waals surface area contributed by atoms with Gasteiger partial charge in [-0.1, -0.05) is 0 Å². The van der Waals surface area contributed by atoms with E-state index in [4.69, 9.17) is 18.9 Å². The number of fused-ring (bicyclic) bond motifs is 1. The largest absolute Gasteiger partial charge is 0.493 e. The Balaban J connectivity index is 1.76. The third kappa shape index (κ3) is 7.98. The van der Waals surface area contributed by atoms with Crippen molar-refractivity contribution in [1.29, 1.82) is 0 Å². The molecule has 0 saturated carbocycles. The highest BCUT2D eigenvalue weighted by molar-refractivity contribution is 7.88. The van der Waals surface area contributed by atoms with E-state index in [1.165, 1.54) is 6.33 Å². The van der Waals surface area contributed by atoms with Crippen molar-refractivity contribution < 1.29 is 32.2 Å². The maximum Gasteiger partial charge on any atom is 0.422 e. The van der Waals surface area contributed by atoms with Crippen LogP contribution in [0.25, 0.3) is 10.9 Å². The lowest BCUT2D eigenvalue weighted by molar-refractivity contribution is 0.0569. The molecule has 0 aliphatic rings. The molecule has 1 aromatic heterocycles. The number of anilines is 1. The predicted octanol–water partition coefficient (Wildman–Crippen LogP) is 1.43. The molecule has 32 heavy (non-hydrogen) atoms. The van der Waals surface area contributed by atoms with Crippen LogP contribution in [0, 0.1) is 0 Å². The van der Waals surface area contributed by atoms with Gasteiger partial charge in [0.1, 0.15) is 17.7 Å². The van der Waals surface area contributed by atoms with Crippen LogP contribution in [0.15, 0.2) is 18.5 Å². The van der Waals surface area contributed by atoms with Gasteiger partial charge in [0.25, 0.3) is 0 Å². The number of hydrogen-bond acceptors (Lipinski definition) is 10. The standard InChI is InChI=1S/C19H29N5O7S/c1-19(2,3)31-18(25)24-32(26,27)23-7-9-30-8-6-20-17-13-10-15(28-4)16(29-5)11-14(13)21-12-22-17/h10-12,23H,6-9H2,1-5H3,(H,24,25)(H,20,21,22). The van der Waals surface area contributed by atoms with Crippen LogP contribution in [0.4, 0.5) is 10.6 Å². The van der Waals surface area contributed by atoms with Crippen LogP contribution >= 0.6 is 0 Å². The van der Waals surface area contributed by atoms with Gasteiger partial charge in [-0.2, -0.15) is 13.1 Å². The highest BCUT2D eigenvalue weighted by Gasteiger charge is 2.20. The van der Waals surface area contributed by atoms with Crippen molar-refractivity contribution in [2.24, 2.45) is 0 Å². The molecule has 1 aromatic carbocycles. The normalized spacial score (nSPS) is 11.8. The van der Waals surface area contributed by atoms with Crippen LogP contribution in [-0.4, -0.2) is 70.6 Å². The maximum absolute atomic E-state index is 11.8. The van der Waals surface area contributed by atoms with Gasteiger partial charge in [-0.15, -0.1) is 0 Å². The van der Waals surface area contributed by atoms with Crippen LogP contribution in [0.3, 0.4) is 0 Å². The Kier molecular flexibility index (Phi) is 8.80. The summed E-state index contributed by atoms with van der Waals surface area (Å²) in [5.74, 6) is 1.72. The van der Waals surface area contributed by atoms with Crippen LogP contribution in [0.1, 0.15) is 20.8 Å². The van der Waals surface area contributed by atoms with E-state index in [9.17, 15) is 13.2 Å². The zero-order chi connectivity index (χ0) is 23.8. The fourth-order valence-corrected chi connectivity index (χ4v) is 3.25. The molecule has 0 atom stereocenters. The van der Waals surface area contributed by atoms with Gasteiger partial charge in [-0.25, -0.2) is 19.5 Å². The zero-order valence-corrected chi connectivity index (χ0v) is 19.5. The molecule has 0 spiro atoms. The molecular weight excluding hydrogens is 442 g/mol. The number of nitrogens with zero attached hydrogens (tertiary/aromatic N) is 2. The first kappa shape index (κ1) is 25.4. The second kappa shape index (κ2) is 11.1. The van der Waals surface area contributed by atoms with Crippen molar-refractivity contribution in [3.8, 4) is 11.5 Å². The Bertz CT molecular complexity index is 1020. The van der Waals surface area contributed by atoms with Crippen molar-refractivity contribution in [3.63, 3.8) is 0 Å². The number of hydrogen-bond donors (Lipinski definition) is 3. The van der Waals surface area contributed by atoms with Crippen molar-refractivity contribution in [3.05, 3.63) is 18.5 Å². The number of carbonyl (C=O) groups is 1. The molecule has 0 unspecified atom stereocenters.